The highest BCUT2D eigenvalue weighted by Gasteiger charge is 2.28. The first-order chi connectivity index (χ1) is 18.0. The van der Waals surface area contributed by atoms with Gasteiger partial charge in [-0.05, 0) is 73.6 Å². The molecule has 2 aromatic carbocycles. The smallest absolute Gasteiger partial charge is 0.300 e. The van der Waals surface area contributed by atoms with E-state index in [2.05, 4.69) is 30.9 Å². The topological polar surface area (TPSA) is 84.1 Å². The van der Waals surface area contributed by atoms with E-state index < -0.39 is 5.91 Å². The fourth-order valence-corrected chi connectivity index (χ4v) is 4.49. The van der Waals surface area contributed by atoms with Crippen LogP contribution in [0.2, 0.25) is 0 Å². The van der Waals surface area contributed by atoms with Crippen LogP contribution in [0.3, 0.4) is 0 Å². The molecule has 188 valence electrons. The number of hydrogen-bond donors (Lipinski definition) is 1. The molecule has 0 saturated heterocycles. The van der Waals surface area contributed by atoms with Gasteiger partial charge < -0.3 is 13.9 Å². The zero-order valence-corrected chi connectivity index (χ0v) is 21.1. The lowest BCUT2D eigenvalue weighted by atomic mass is 10.0. The predicted octanol–water partition coefficient (Wildman–Crippen LogP) is 6.54. The molecule has 5 rings (SSSR count). The van der Waals surface area contributed by atoms with Crippen LogP contribution in [0.15, 0.2) is 93.1 Å². The van der Waals surface area contributed by atoms with Gasteiger partial charge in [0.15, 0.2) is 11.5 Å². The van der Waals surface area contributed by atoms with E-state index in [1.165, 1.54) is 16.4 Å². The Morgan fingerprint density at radius 1 is 0.946 bits per heavy atom. The number of aromatic hydroxyl groups is 1. The second kappa shape index (κ2) is 10.3. The maximum atomic E-state index is 13.4. The first kappa shape index (κ1) is 24.3. The predicted molar refractivity (Wildman–Crippen MR) is 144 cm³/mol. The number of hydrogen-bond acceptors (Lipinski definition) is 6. The number of carbonyl (C=O) groups excluding carboxylic acids is 1. The summed E-state index contributed by atoms with van der Waals surface area (Å²) in [5.41, 5.74) is 4.25. The van der Waals surface area contributed by atoms with Crippen molar-refractivity contribution in [1.82, 2.24) is 9.47 Å². The summed E-state index contributed by atoms with van der Waals surface area (Å²) in [4.78, 5) is 20.6. The highest BCUT2D eigenvalue weighted by Crippen LogP contribution is 2.36. The molecular formula is C30H29N3O4. The summed E-state index contributed by atoms with van der Waals surface area (Å²) >= 11 is 0. The van der Waals surface area contributed by atoms with Crippen molar-refractivity contribution >= 4 is 28.2 Å². The van der Waals surface area contributed by atoms with Crippen LogP contribution < -0.4 is 0 Å². The van der Waals surface area contributed by atoms with Crippen LogP contribution in [-0.2, 0) is 6.54 Å². The van der Waals surface area contributed by atoms with Gasteiger partial charge in [-0.1, -0.05) is 38.1 Å². The molecule has 1 N–H and O–H groups in total. The van der Waals surface area contributed by atoms with Crippen LogP contribution in [0, 0.1) is 6.92 Å². The Morgan fingerprint density at radius 3 is 2.24 bits per heavy atom. The van der Waals surface area contributed by atoms with Gasteiger partial charge in [0.25, 0.3) is 0 Å². The van der Waals surface area contributed by atoms with Crippen molar-refractivity contribution in [3.05, 3.63) is 107 Å². The second-order valence-corrected chi connectivity index (χ2v) is 8.90. The van der Waals surface area contributed by atoms with Crippen LogP contribution in [0.4, 0.5) is 5.69 Å². The van der Waals surface area contributed by atoms with Gasteiger partial charge in [0.1, 0.15) is 5.71 Å². The first-order valence-electron chi connectivity index (χ1n) is 12.4. The summed E-state index contributed by atoms with van der Waals surface area (Å²) in [5.74, 6) is -0.0904. The minimum Gasteiger partial charge on any atom is -0.494 e. The fourth-order valence-electron chi connectivity index (χ4n) is 4.49. The van der Waals surface area contributed by atoms with Crippen LogP contribution in [0.1, 0.15) is 46.9 Å². The van der Waals surface area contributed by atoms with E-state index in [9.17, 15) is 9.90 Å². The van der Waals surface area contributed by atoms with Gasteiger partial charge in [-0.2, -0.15) is 0 Å². The van der Waals surface area contributed by atoms with Crippen LogP contribution in [-0.4, -0.2) is 39.3 Å². The zero-order chi connectivity index (χ0) is 25.9. The molecular weight excluding hydrogens is 466 g/mol. The van der Waals surface area contributed by atoms with Gasteiger partial charge in [0.2, 0.25) is 5.88 Å². The third-order valence-electron chi connectivity index (χ3n) is 6.50. The number of aryl methyl sites for hydroxylation is 1. The SMILES string of the molecule is CCN(CC)Cc1ccc(N=C(c2ccco2)c2c(O)n(C(=O)c3ccco3)c3cc(C)ccc23)cc1. The van der Waals surface area contributed by atoms with Gasteiger partial charge in [0.05, 0.1) is 29.3 Å². The van der Waals surface area contributed by atoms with Crippen molar-refractivity contribution in [2.24, 2.45) is 4.99 Å². The molecule has 7 nitrogen and oxygen atoms in total. The van der Waals surface area contributed by atoms with Crippen molar-refractivity contribution < 1.29 is 18.7 Å². The van der Waals surface area contributed by atoms with Crippen LogP contribution in [0.5, 0.6) is 5.88 Å². The second-order valence-electron chi connectivity index (χ2n) is 8.90. The average Bonchev–Trinajstić information content (AvgIpc) is 3.68. The molecule has 0 atom stereocenters. The third kappa shape index (κ3) is 4.73. The number of furan rings is 2. The Hall–Kier alpha value is -4.36. The zero-order valence-electron chi connectivity index (χ0n) is 21.1. The number of fused-ring (bicyclic) bond motifs is 1. The Bertz CT molecular complexity index is 1540. The van der Waals surface area contributed by atoms with Crippen molar-refractivity contribution in [2.45, 2.75) is 27.3 Å². The van der Waals surface area contributed by atoms with E-state index in [1.54, 1.807) is 30.5 Å². The molecule has 0 bridgehead atoms. The maximum Gasteiger partial charge on any atom is 0.300 e. The Labute approximate surface area is 215 Å². The number of aliphatic imine (C=N–C) groups is 1. The largest absolute Gasteiger partial charge is 0.494 e. The van der Waals surface area contributed by atoms with E-state index in [1.807, 2.05) is 37.3 Å². The number of aromatic nitrogens is 1. The lowest BCUT2D eigenvalue weighted by Gasteiger charge is -2.17. The number of nitrogens with zero attached hydrogens (tertiary/aromatic N) is 3. The standard InChI is InChI=1S/C30H29N3O4/c1-4-32(5-2)19-21-11-13-22(14-12-21)31-28(25-8-6-16-36-25)27-23-15-10-20(3)18-24(23)33(30(27)35)29(34)26-9-7-17-37-26/h6-18,35H,4-5,19H2,1-3H3. The lowest BCUT2D eigenvalue weighted by Crippen LogP contribution is -2.21. The van der Waals surface area contributed by atoms with E-state index in [4.69, 9.17) is 13.8 Å². The number of rotatable bonds is 8. The molecule has 0 aliphatic heterocycles. The molecule has 0 radical (unpaired) electrons. The molecule has 0 spiro atoms. The highest BCUT2D eigenvalue weighted by atomic mass is 16.3. The van der Waals surface area contributed by atoms with Gasteiger partial charge in [-0.25, -0.2) is 9.56 Å². The Morgan fingerprint density at radius 2 is 1.62 bits per heavy atom. The molecule has 0 fully saturated rings. The molecule has 5 aromatic rings. The minimum absolute atomic E-state index is 0.125. The molecule has 37 heavy (non-hydrogen) atoms. The summed E-state index contributed by atoms with van der Waals surface area (Å²) in [6.07, 6.45) is 2.99. The van der Waals surface area contributed by atoms with Crippen LogP contribution in [0.25, 0.3) is 10.9 Å². The molecule has 0 aliphatic rings. The normalized spacial score (nSPS) is 12.1. The summed E-state index contributed by atoms with van der Waals surface area (Å²) in [6.45, 7) is 9.07. The summed E-state index contributed by atoms with van der Waals surface area (Å²) in [6, 6.07) is 20.5. The number of carbonyl (C=O) groups is 1. The maximum absolute atomic E-state index is 13.4. The summed E-state index contributed by atoms with van der Waals surface area (Å²) in [5, 5.41) is 12.2. The van der Waals surface area contributed by atoms with Crippen molar-refractivity contribution in [2.75, 3.05) is 13.1 Å². The third-order valence-corrected chi connectivity index (χ3v) is 6.50. The van der Waals surface area contributed by atoms with E-state index in [0.29, 0.717) is 33.6 Å². The van der Waals surface area contributed by atoms with Crippen molar-refractivity contribution in [3.63, 3.8) is 0 Å². The average molecular weight is 496 g/mol. The minimum atomic E-state index is -0.469. The summed E-state index contributed by atoms with van der Waals surface area (Å²) < 4.78 is 12.3. The molecule has 3 aromatic heterocycles. The van der Waals surface area contributed by atoms with Crippen LogP contribution >= 0.6 is 0 Å². The van der Waals surface area contributed by atoms with Crippen molar-refractivity contribution in [1.29, 1.82) is 0 Å². The molecule has 0 unspecified atom stereocenters. The summed E-state index contributed by atoms with van der Waals surface area (Å²) in [7, 11) is 0. The molecule has 0 saturated carbocycles. The van der Waals surface area contributed by atoms with Crippen molar-refractivity contribution in [3.8, 4) is 5.88 Å². The highest BCUT2D eigenvalue weighted by molar-refractivity contribution is 6.22. The quantitative estimate of drug-likeness (QED) is 0.247. The fraction of sp³-hybridized carbons (Fsp3) is 0.200. The lowest BCUT2D eigenvalue weighted by molar-refractivity contribution is 0.0929. The monoisotopic (exact) mass is 495 g/mol. The van der Waals surface area contributed by atoms with E-state index in [-0.39, 0.29) is 11.6 Å². The molecule has 3 heterocycles. The van der Waals surface area contributed by atoms with E-state index >= 15 is 0 Å². The van der Waals surface area contributed by atoms with Gasteiger partial charge in [-0.3, -0.25) is 9.69 Å². The Balaban J connectivity index is 1.66. The first-order valence-corrected chi connectivity index (χ1v) is 12.4. The molecule has 7 heteroatoms. The molecule has 0 aliphatic carbocycles. The molecule has 0 amide bonds. The van der Waals surface area contributed by atoms with Gasteiger partial charge >= 0.3 is 5.91 Å². The van der Waals surface area contributed by atoms with Gasteiger partial charge in [0, 0.05) is 11.9 Å². The van der Waals surface area contributed by atoms with Gasteiger partial charge in [-0.15, -0.1) is 0 Å². The Kier molecular flexibility index (Phi) is 6.79. The number of benzene rings is 2. The van der Waals surface area contributed by atoms with E-state index in [0.717, 1.165) is 25.2 Å².